The summed E-state index contributed by atoms with van der Waals surface area (Å²) >= 11 is 0. The van der Waals surface area contributed by atoms with Gasteiger partial charge in [-0.2, -0.15) is 0 Å². The highest BCUT2D eigenvalue weighted by molar-refractivity contribution is 5.81. The van der Waals surface area contributed by atoms with Gasteiger partial charge in [0.15, 0.2) is 17.6 Å². The number of amides is 1. The van der Waals surface area contributed by atoms with Gasteiger partial charge in [0, 0.05) is 12.1 Å². The molecule has 0 spiro atoms. The van der Waals surface area contributed by atoms with E-state index in [1.165, 1.54) is 0 Å². The van der Waals surface area contributed by atoms with Gasteiger partial charge in [-0.05, 0) is 38.5 Å². The van der Waals surface area contributed by atoms with E-state index in [1.54, 1.807) is 25.1 Å². The summed E-state index contributed by atoms with van der Waals surface area (Å²) in [6.45, 7) is 6.57. The fraction of sp³-hybridized carbons (Fsp3) is 0.467. The van der Waals surface area contributed by atoms with Crippen molar-refractivity contribution >= 4 is 12.2 Å². The van der Waals surface area contributed by atoms with Gasteiger partial charge < -0.3 is 14.8 Å². The maximum atomic E-state index is 11.8. The van der Waals surface area contributed by atoms with Crippen LogP contribution in [0.1, 0.15) is 37.6 Å². The lowest BCUT2D eigenvalue weighted by molar-refractivity contribution is -0.127. The quantitative estimate of drug-likeness (QED) is 0.741. The van der Waals surface area contributed by atoms with Crippen molar-refractivity contribution in [2.75, 3.05) is 13.2 Å². The highest BCUT2D eigenvalue weighted by Gasteiger charge is 2.16. The molecule has 20 heavy (non-hydrogen) atoms. The molecule has 1 amide bonds. The second kappa shape index (κ2) is 8.19. The predicted octanol–water partition coefficient (Wildman–Crippen LogP) is 2.19. The number of ether oxygens (including phenoxy) is 2. The Morgan fingerprint density at radius 3 is 2.70 bits per heavy atom. The Balaban J connectivity index is 2.79. The third-order valence-electron chi connectivity index (χ3n) is 2.63. The monoisotopic (exact) mass is 279 g/mol. The van der Waals surface area contributed by atoms with Crippen LogP contribution in [0.5, 0.6) is 11.5 Å². The Morgan fingerprint density at radius 2 is 2.10 bits per heavy atom. The molecule has 1 aromatic rings. The lowest BCUT2D eigenvalue weighted by atomic mass is 10.2. The highest BCUT2D eigenvalue weighted by atomic mass is 16.5. The number of rotatable bonds is 8. The first-order chi connectivity index (χ1) is 9.62. The first-order valence-electron chi connectivity index (χ1n) is 6.78. The molecular weight excluding hydrogens is 258 g/mol. The molecule has 0 bridgehead atoms. The average Bonchev–Trinajstić information content (AvgIpc) is 2.46. The summed E-state index contributed by atoms with van der Waals surface area (Å²) in [4.78, 5) is 22.5. The maximum Gasteiger partial charge on any atom is 0.260 e. The molecule has 0 heterocycles. The van der Waals surface area contributed by atoms with Gasteiger partial charge in [-0.25, -0.2) is 0 Å². The van der Waals surface area contributed by atoms with Gasteiger partial charge in [0.2, 0.25) is 0 Å². The molecule has 1 atom stereocenters. The molecule has 1 rings (SSSR count). The van der Waals surface area contributed by atoms with Crippen LogP contribution in [0.25, 0.3) is 0 Å². The fourth-order valence-electron chi connectivity index (χ4n) is 1.60. The van der Waals surface area contributed by atoms with E-state index in [0.29, 0.717) is 30.2 Å². The van der Waals surface area contributed by atoms with Crippen molar-refractivity contribution < 1.29 is 19.1 Å². The fourth-order valence-corrected chi connectivity index (χ4v) is 1.60. The molecule has 1 aromatic carbocycles. The van der Waals surface area contributed by atoms with Crippen LogP contribution in [-0.4, -0.2) is 31.4 Å². The summed E-state index contributed by atoms with van der Waals surface area (Å²) in [7, 11) is 0. The first kappa shape index (κ1) is 16.0. The van der Waals surface area contributed by atoms with E-state index in [9.17, 15) is 9.59 Å². The maximum absolute atomic E-state index is 11.8. The zero-order chi connectivity index (χ0) is 15.0. The molecule has 110 valence electrons. The molecule has 0 radical (unpaired) electrons. The summed E-state index contributed by atoms with van der Waals surface area (Å²) in [6.07, 6.45) is 0.989. The van der Waals surface area contributed by atoms with Crippen LogP contribution in [0.4, 0.5) is 0 Å². The summed E-state index contributed by atoms with van der Waals surface area (Å²) in [6, 6.07) is 4.86. The Bertz CT molecular complexity index is 459. The van der Waals surface area contributed by atoms with Crippen LogP contribution in [-0.2, 0) is 4.79 Å². The van der Waals surface area contributed by atoms with E-state index < -0.39 is 6.10 Å². The van der Waals surface area contributed by atoms with E-state index in [2.05, 4.69) is 5.32 Å². The molecule has 0 saturated heterocycles. The van der Waals surface area contributed by atoms with Gasteiger partial charge >= 0.3 is 0 Å². The minimum Gasteiger partial charge on any atom is -0.490 e. The SMILES string of the molecule is CCCNC(=O)C(C)Oc1ccc(C=O)cc1OCC. The van der Waals surface area contributed by atoms with Crippen molar-refractivity contribution in [1.82, 2.24) is 5.32 Å². The minimum atomic E-state index is -0.622. The number of hydrogen-bond acceptors (Lipinski definition) is 4. The lowest BCUT2D eigenvalue weighted by Crippen LogP contribution is -2.36. The molecule has 5 heteroatoms. The zero-order valence-electron chi connectivity index (χ0n) is 12.1. The molecule has 1 N–H and O–H groups in total. The van der Waals surface area contributed by atoms with E-state index in [1.807, 2.05) is 13.8 Å². The summed E-state index contributed by atoms with van der Waals surface area (Å²) in [5.74, 6) is 0.748. The van der Waals surface area contributed by atoms with E-state index in [4.69, 9.17) is 9.47 Å². The van der Waals surface area contributed by atoms with Crippen molar-refractivity contribution in [2.45, 2.75) is 33.3 Å². The standard InChI is InChI=1S/C15H21NO4/c1-4-8-16-15(18)11(3)20-13-7-6-12(10-17)9-14(13)19-5-2/h6-7,9-11H,4-5,8H2,1-3H3,(H,16,18). The van der Waals surface area contributed by atoms with E-state index >= 15 is 0 Å². The van der Waals surface area contributed by atoms with Crippen molar-refractivity contribution in [2.24, 2.45) is 0 Å². The number of carbonyl (C=O) groups excluding carboxylic acids is 2. The van der Waals surface area contributed by atoms with Gasteiger partial charge in [0.25, 0.3) is 5.91 Å². The zero-order valence-corrected chi connectivity index (χ0v) is 12.1. The first-order valence-corrected chi connectivity index (χ1v) is 6.78. The minimum absolute atomic E-state index is 0.172. The molecule has 1 unspecified atom stereocenters. The molecular formula is C15H21NO4. The largest absolute Gasteiger partial charge is 0.490 e. The Kier molecular flexibility index (Phi) is 6.56. The third kappa shape index (κ3) is 4.57. The van der Waals surface area contributed by atoms with Crippen molar-refractivity contribution in [3.63, 3.8) is 0 Å². The number of nitrogens with one attached hydrogen (secondary N) is 1. The van der Waals surface area contributed by atoms with Gasteiger partial charge in [-0.15, -0.1) is 0 Å². The third-order valence-corrected chi connectivity index (χ3v) is 2.63. The molecule has 5 nitrogen and oxygen atoms in total. The molecule has 0 fully saturated rings. The second-order valence-corrected chi connectivity index (χ2v) is 4.31. The predicted molar refractivity (Wildman–Crippen MR) is 76.4 cm³/mol. The Morgan fingerprint density at radius 1 is 1.35 bits per heavy atom. The van der Waals surface area contributed by atoms with E-state index in [0.717, 1.165) is 12.7 Å². The van der Waals surface area contributed by atoms with Crippen LogP contribution in [0.2, 0.25) is 0 Å². The van der Waals surface area contributed by atoms with Crippen LogP contribution >= 0.6 is 0 Å². The topological polar surface area (TPSA) is 64.6 Å². The lowest BCUT2D eigenvalue weighted by Gasteiger charge is -2.17. The average molecular weight is 279 g/mol. The van der Waals surface area contributed by atoms with Gasteiger partial charge in [-0.1, -0.05) is 6.92 Å². The summed E-state index contributed by atoms with van der Waals surface area (Å²) in [5, 5.41) is 2.77. The van der Waals surface area contributed by atoms with Crippen molar-refractivity contribution in [1.29, 1.82) is 0 Å². The Hall–Kier alpha value is -2.04. The summed E-state index contributed by atoms with van der Waals surface area (Å²) < 4.78 is 11.0. The smallest absolute Gasteiger partial charge is 0.260 e. The number of carbonyl (C=O) groups is 2. The van der Waals surface area contributed by atoms with Crippen LogP contribution in [0.15, 0.2) is 18.2 Å². The highest BCUT2D eigenvalue weighted by Crippen LogP contribution is 2.29. The number of hydrogen-bond donors (Lipinski definition) is 1. The molecule has 0 aliphatic heterocycles. The number of aldehydes is 1. The molecule has 0 aromatic heterocycles. The Labute approximate surface area is 119 Å². The number of benzene rings is 1. The molecule has 0 saturated carbocycles. The van der Waals surface area contributed by atoms with Crippen LogP contribution < -0.4 is 14.8 Å². The van der Waals surface area contributed by atoms with Crippen LogP contribution in [0.3, 0.4) is 0 Å². The van der Waals surface area contributed by atoms with Gasteiger partial charge in [0.05, 0.1) is 6.61 Å². The van der Waals surface area contributed by atoms with E-state index in [-0.39, 0.29) is 5.91 Å². The summed E-state index contributed by atoms with van der Waals surface area (Å²) in [5.41, 5.74) is 0.504. The van der Waals surface area contributed by atoms with Crippen molar-refractivity contribution in [3.8, 4) is 11.5 Å². The molecule has 0 aliphatic rings. The van der Waals surface area contributed by atoms with Gasteiger partial charge in [0.1, 0.15) is 6.29 Å². The van der Waals surface area contributed by atoms with Crippen molar-refractivity contribution in [3.05, 3.63) is 23.8 Å². The van der Waals surface area contributed by atoms with Gasteiger partial charge in [-0.3, -0.25) is 9.59 Å². The molecule has 0 aliphatic carbocycles. The normalized spacial score (nSPS) is 11.6. The second-order valence-electron chi connectivity index (χ2n) is 4.31. The van der Waals surface area contributed by atoms with Crippen LogP contribution in [0, 0.1) is 0 Å².